The molecule has 0 saturated carbocycles. The number of carbonyl (C=O) groups excluding carboxylic acids is 1. The molecule has 0 bridgehead atoms. The lowest BCUT2D eigenvalue weighted by atomic mass is 10.0. The van der Waals surface area contributed by atoms with Gasteiger partial charge in [-0.2, -0.15) is 0 Å². The van der Waals surface area contributed by atoms with Crippen LogP contribution >= 0.6 is 0 Å². The molecular weight excluding hydrogens is 373 g/mol. The molecule has 29 heavy (non-hydrogen) atoms. The number of nitrogens with one attached hydrogen (secondary N) is 1. The Balaban J connectivity index is 2.00. The van der Waals surface area contributed by atoms with E-state index in [1.165, 1.54) is 12.1 Å². The quantitative estimate of drug-likeness (QED) is 0.476. The molecule has 0 radical (unpaired) electrons. The van der Waals surface area contributed by atoms with Gasteiger partial charge in [0.2, 0.25) is 0 Å². The molecule has 2 aromatic heterocycles. The van der Waals surface area contributed by atoms with Crippen molar-refractivity contribution in [1.29, 1.82) is 0 Å². The van der Waals surface area contributed by atoms with Crippen molar-refractivity contribution in [3.05, 3.63) is 66.4 Å². The van der Waals surface area contributed by atoms with Gasteiger partial charge in [0.25, 0.3) is 5.91 Å². The third-order valence-electron chi connectivity index (χ3n) is 4.55. The van der Waals surface area contributed by atoms with E-state index in [0.29, 0.717) is 33.6 Å². The fraction of sp³-hybridized carbons (Fsp3) is 0.174. The minimum atomic E-state index is -0.360. The largest absolute Gasteiger partial charge is 0.490 e. The number of carbonyl (C=O) groups is 1. The van der Waals surface area contributed by atoms with Crippen molar-refractivity contribution in [2.75, 3.05) is 7.05 Å². The predicted molar refractivity (Wildman–Crippen MR) is 108 cm³/mol. The zero-order valence-electron chi connectivity index (χ0n) is 16.3. The van der Waals surface area contributed by atoms with Crippen LogP contribution in [0.1, 0.15) is 24.2 Å². The molecule has 4 aromatic rings. The van der Waals surface area contributed by atoms with Crippen LogP contribution in [0.2, 0.25) is 0 Å². The van der Waals surface area contributed by atoms with Crippen molar-refractivity contribution >= 4 is 16.9 Å². The summed E-state index contributed by atoms with van der Waals surface area (Å²) >= 11 is 0. The van der Waals surface area contributed by atoms with Crippen LogP contribution in [0.5, 0.6) is 5.75 Å². The maximum atomic E-state index is 13.4. The van der Waals surface area contributed by atoms with E-state index in [4.69, 9.17) is 13.6 Å². The molecule has 0 aliphatic rings. The summed E-state index contributed by atoms with van der Waals surface area (Å²) in [6.45, 7) is 3.87. The summed E-state index contributed by atoms with van der Waals surface area (Å²) in [7, 11) is 1.56. The van der Waals surface area contributed by atoms with Crippen LogP contribution in [0.15, 0.2) is 63.8 Å². The SMILES string of the molecule is CNC(=O)c1c(-c2ccc(F)cc2)oc2cc(-c3ccoc3)c(OC(C)C)cc12. The van der Waals surface area contributed by atoms with E-state index >= 15 is 0 Å². The molecule has 1 amide bonds. The molecule has 4 rings (SSSR count). The Hall–Kier alpha value is -3.54. The van der Waals surface area contributed by atoms with E-state index in [0.717, 1.165) is 11.1 Å². The monoisotopic (exact) mass is 393 g/mol. The van der Waals surface area contributed by atoms with Gasteiger partial charge in [0.15, 0.2) is 0 Å². The molecule has 148 valence electrons. The molecule has 0 atom stereocenters. The third kappa shape index (κ3) is 3.49. The van der Waals surface area contributed by atoms with Crippen molar-refractivity contribution in [3.63, 3.8) is 0 Å². The van der Waals surface area contributed by atoms with Gasteiger partial charge in [-0.3, -0.25) is 4.79 Å². The Labute approximate surface area is 167 Å². The van der Waals surface area contributed by atoms with Gasteiger partial charge in [-0.15, -0.1) is 0 Å². The first-order valence-electron chi connectivity index (χ1n) is 9.25. The minimum Gasteiger partial charge on any atom is -0.490 e. The third-order valence-corrected chi connectivity index (χ3v) is 4.55. The first-order valence-corrected chi connectivity index (χ1v) is 9.25. The van der Waals surface area contributed by atoms with Crippen LogP contribution in [0.4, 0.5) is 4.39 Å². The van der Waals surface area contributed by atoms with Gasteiger partial charge in [0.1, 0.15) is 22.9 Å². The molecule has 0 aliphatic carbocycles. The number of amides is 1. The topological polar surface area (TPSA) is 64.6 Å². The number of furan rings is 2. The Kier molecular flexibility index (Phi) is 4.84. The lowest BCUT2D eigenvalue weighted by Crippen LogP contribution is -2.18. The van der Waals surface area contributed by atoms with Crippen LogP contribution in [0.3, 0.4) is 0 Å². The molecule has 0 spiro atoms. The number of fused-ring (bicyclic) bond motifs is 1. The summed E-state index contributed by atoms with van der Waals surface area (Å²) in [5.41, 5.74) is 3.14. The van der Waals surface area contributed by atoms with Gasteiger partial charge in [-0.25, -0.2) is 4.39 Å². The summed E-state index contributed by atoms with van der Waals surface area (Å²) in [5, 5.41) is 3.27. The zero-order valence-corrected chi connectivity index (χ0v) is 16.3. The first-order chi connectivity index (χ1) is 14.0. The predicted octanol–water partition coefficient (Wildman–Crippen LogP) is 5.65. The first kappa shape index (κ1) is 18.8. The van der Waals surface area contributed by atoms with Crippen molar-refractivity contribution < 1.29 is 22.8 Å². The highest BCUT2D eigenvalue weighted by Gasteiger charge is 2.24. The number of hydrogen-bond acceptors (Lipinski definition) is 4. The fourth-order valence-electron chi connectivity index (χ4n) is 3.27. The van der Waals surface area contributed by atoms with E-state index in [1.807, 2.05) is 26.0 Å². The van der Waals surface area contributed by atoms with Crippen LogP contribution in [0.25, 0.3) is 33.4 Å². The van der Waals surface area contributed by atoms with Crippen molar-refractivity contribution in [1.82, 2.24) is 5.32 Å². The summed E-state index contributed by atoms with van der Waals surface area (Å²) in [6, 6.07) is 11.3. The standard InChI is InChI=1S/C23H20FNO4/c1-13(2)28-19-11-18-20(10-17(19)15-8-9-27-12-15)29-22(21(18)23(26)25-3)14-4-6-16(24)7-5-14/h4-13H,1-3H3,(H,25,26). The second-order valence-electron chi connectivity index (χ2n) is 6.92. The van der Waals surface area contributed by atoms with Gasteiger partial charge in [-0.1, -0.05) is 0 Å². The Morgan fingerprint density at radius 1 is 1.10 bits per heavy atom. The highest BCUT2D eigenvalue weighted by Crippen LogP contribution is 2.41. The molecule has 0 aliphatic heterocycles. The number of halogens is 1. The van der Waals surface area contributed by atoms with Crippen LogP contribution < -0.4 is 10.1 Å². The van der Waals surface area contributed by atoms with Gasteiger partial charge in [0, 0.05) is 29.1 Å². The Bertz CT molecular complexity index is 1160. The maximum absolute atomic E-state index is 13.4. The summed E-state index contributed by atoms with van der Waals surface area (Å²) in [6.07, 6.45) is 3.14. The number of hydrogen-bond donors (Lipinski definition) is 1. The van der Waals surface area contributed by atoms with E-state index in [2.05, 4.69) is 5.32 Å². The highest BCUT2D eigenvalue weighted by atomic mass is 19.1. The number of benzene rings is 2. The summed E-state index contributed by atoms with van der Waals surface area (Å²) < 4.78 is 30.7. The Morgan fingerprint density at radius 3 is 2.48 bits per heavy atom. The normalized spacial score (nSPS) is 11.2. The van der Waals surface area contributed by atoms with Crippen molar-refractivity contribution in [2.24, 2.45) is 0 Å². The average Bonchev–Trinajstić information content (AvgIpc) is 3.34. The van der Waals surface area contributed by atoms with E-state index in [1.54, 1.807) is 37.8 Å². The van der Waals surface area contributed by atoms with Gasteiger partial charge in [-0.05, 0) is 56.3 Å². The van der Waals surface area contributed by atoms with Gasteiger partial charge >= 0.3 is 0 Å². The van der Waals surface area contributed by atoms with Crippen LogP contribution in [-0.4, -0.2) is 19.1 Å². The molecule has 1 N–H and O–H groups in total. The molecule has 2 aromatic carbocycles. The lowest BCUT2D eigenvalue weighted by molar-refractivity contribution is 0.0964. The zero-order chi connectivity index (χ0) is 20.5. The smallest absolute Gasteiger partial charge is 0.255 e. The fourth-order valence-corrected chi connectivity index (χ4v) is 3.27. The number of rotatable bonds is 5. The second kappa shape index (κ2) is 7.47. The van der Waals surface area contributed by atoms with E-state index in [9.17, 15) is 9.18 Å². The lowest BCUT2D eigenvalue weighted by Gasteiger charge is -2.14. The highest BCUT2D eigenvalue weighted by molar-refractivity contribution is 6.12. The molecule has 0 fully saturated rings. The maximum Gasteiger partial charge on any atom is 0.255 e. The van der Waals surface area contributed by atoms with Crippen molar-refractivity contribution in [3.8, 4) is 28.2 Å². The molecule has 6 heteroatoms. The van der Waals surface area contributed by atoms with Crippen LogP contribution in [-0.2, 0) is 0 Å². The summed E-state index contributed by atoms with van der Waals surface area (Å²) in [4.78, 5) is 12.7. The Morgan fingerprint density at radius 2 is 1.86 bits per heavy atom. The minimum absolute atomic E-state index is 0.0648. The second-order valence-corrected chi connectivity index (χ2v) is 6.92. The molecular formula is C23H20FNO4. The van der Waals surface area contributed by atoms with Crippen LogP contribution in [0, 0.1) is 5.82 Å². The molecule has 0 unspecified atom stereocenters. The average molecular weight is 393 g/mol. The molecule has 0 saturated heterocycles. The summed E-state index contributed by atoms with van der Waals surface area (Å²) in [5.74, 6) is 0.334. The van der Waals surface area contributed by atoms with E-state index in [-0.39, 0.29) is 17.8 Å². The van der Waals surface area contributed by atoms with Gasteiger partial charge < -0.3 is 18.9 Å². The van der Waals surface area contributed by atoms with Gasteiger partial charge in [0.05, 0.1) is 24.2 Å². The van der Waals surface area contributed by atoms with E-state index < -0.39 is 0 Å². The van der Waals surface area contributed by atoms with Crippen molar-refractivity contribution in [2.45, 2.75) is 20.0 Å². The molecule has 5 nitrogen and oxygen atoms in total. The molecule has 2 heterocycles. The number of ether oxygens (including phenoxy) is 1.